The fourth-order valence-electron chi connectivity index (χ4n) is 2.85. The van der Waals surface area contributed by atoms with Crippen molar-refractivity contribution in [2.45, 2.75) is 64.7 Å². The van der Waals surface area contributed by atoms with Gasteiger partial charge in [-0.25, -0.2) is 0 Å². The molecule has 1 fully saturated rings. The first-order valence-corrected chi connectivity index (χ1v) is 7.65. The average Bonchev–Trinajstić information content (AvgIpc) is 2.96. The molecule has 0 amide bonds. The topological polar surface area (TPSA) is 65.2 Å². The molecule has 1 aliphatic carbocycles. The van der Waals surface area contributed by atoms with Gasteiger partial charge in [0.05, 0.1) is 6.61 Å². The smallest absolute Gasteiger partial charge is 0.318 e. The molecule has 5 nitrogen and oxygen atoms in total. The van der Waals surface area contributed by atoms with Crippen molar-refractivity contribution < 1.29 is 14.1 Å². The van der Waals surface area contributed by atoms with Crippen molar-refractivity contribution in [1.82, 2.24) is 10.1 Å². The van der Waals surface area contributed by atoms with Crippen molar-refractivity contribution in [2.24, 2.45) is 5.92 Å². The summed E-state index contributed by atoms with van der Waals surface area (Å²) in [5.74, 6) is 1.48. The summed E-state index contributed by atoms with van der Waals surface area (Å²) in [6.45, 7) is 6.13. The number of hydrogen-bond donors (Lipinski definition) is 0. The Morgan fingerprint density at radius 2 is 2.25 bits per heavy atom. The van der Waals surface area contributed by atoms with Crippen LogP contribution in [-0.4, -0.2) is 22.7 Å². The Bertz CT molecular complexity index is 444. The Morgan fingerprint density at radius 3 is 2.95 bits per heavy atom. The van der Waals surface area contributed by atoms with Gasteiger partial charge < -0.3 is 9.26 Å². The van der Waals surface area contributed by atoms with Crippen molar-refractivity contribution in [3.8, 4) is 0 Å². The molecule has 1 heterocycles. The van der Waals surface area contributed by atoms with E-state index in [1.807, 2.05) is 0 Å². The molecule has 2 rings (SSSR count). The van der Waals surface area contributed by atoms with Crippen molar-refractivity contribution in [2.75, 3.05) is 6.61 Å². The average molecular weight is 280 g/mol. The second-order valence-electron chi connectivity index (χ2n) is 5.60. The summed E-state index contributed by atoms with van der Waals surface area (Å²) >= 11 is 0. The first-order chi connectivity index (χ1) is 9.65. The van der Waals surface area contributed by atoms with Crippen LogP contribution in [0.5, 0.6) is 0 Å². The van der Waals surface area contributed by atoms with Crippen LogP contribution in [0.25, 0.3) is 0 Å². The summed E-state index contributed by atoms with van der Waals surface area (Å²) in [7, 11) is 0. The molecule has 0 bridgehead atoms. The molecular formula is C15H24N2O3. The number of carbonyl (C=O) groups is 1. The molecule has 1 saturated carbocycles. The van der Waals surface area contributed by atoms with E-state index in [0.717, 1.165) is 24.6 Å². The third kappa shape index (κ3) is 3.38. The van der Waals surface area contributed by atoms with Crippen LogP contribution in [-0.2, 0) is 9.53 Å². The van der Waals surface area contributed by atoms with Gasteiger partial charge in [-0.05, 0) is 32.6 Å². The van der Waals surface area contributed by atoms with Crippen LogP contribution in [0.1, 0.15) is 76.4 Å². The van der Waals surface area contributed by atoms with Crippen molar-refractivity contribution in [3.05, 3.63) is 11.7 Å². The summed E-state index contributed by atoms with van der Waals surface area (Å²) in [6.07, 6.45) is 5.98. The fraction of sp³-hybridized carbons (Fsp3) is 0.800. The molecule has 0 saturated heterocycles. The maximum absolute atomic E-state index is 11.7. The number of esters is 1. The van der Waals surface area contributed by atoms with E-state index in [4.69, 9.17) is 9.26 Å². The third-order valence-corrected chi connectivity index (χ3v) is 4.19. The van der Waals surface area contributed by atoms with E-state index in [0.29, 0.717) is 18.4 Å². The Hall–Kier alpha value is -1.39. The number of carbonyl (C=O) groups excluding carboxylic acids is 1. The zero-order chi connectivity index (χ0) is 14.5. The van der Waals surface area contributed by atoms with E-state index >= 15 is 0 Å². The van der Waals surface area contributed by atoms with E-state index in [1.165, 1.54) is 19.3 Å². The maximum atomic E-state index is 11.7. The molecule has 20 heavy (non-hydrogen) atoms. The molecule has 5 heteroatoms. The monoisotopic (exact) mass is 280 g/mol. The van der Waals surface area contributed by atoms with Gasteiger partial charge in [-0.15, -0.1) is 0 Å². The Morgan fingerprint density at radius 1 is 1.45 bits per heavy atom. The minimum absolute atomic E-state index is 0.308. The number of aromatic nitrogens is 2. The highest BCUT2D eigenvalue weighted by atomic mass is 16.5. The van der Waals surface area contributed by atoms with Gasteiger partial charge in [-0.3, -0.25) is 4.79 Å². The van der Waals surface area contributed by atoms with E-state index in [-0.39, 0.29) is 5.97 Å². The lowest BCUT2D eigenvalue weighted by atomic mass is 9.80. The molecular weight excluding hydrogens is 256 g/mol. The highest BCUT2D eigenvalue weighted by Gasteiger charge is 2.28. The highest BCUT2D eigenvalue weighted by Crippen LogP contribution is 2.36. The van der Waals surface area contributed by atoms with Crippen LogP contribution >= 0.6 is 0 Å². The van der Waals surface area contributed by atoms with E-state index in [2.05, 4.69) is 17.1 Å². The normalized spacial score (nSPS) is 24.4. The van der Waals surface area contributed by atoms with Gasteiger partial charge in [-0.2, -0.15) is 4.98 Å². The number of rotatable bonds is 5. The maximum Gasteiger partial charge on any atom is 0.318 e. The van der Waals surface area contributed by atoms with E-state index in [1.54, 1.807) is 13.8 Å². The van der Waals surface area contributed by atoms with Crippen molar-refractivity contribution in [3.63, 3.8) is 0 Å². The summed E-state index contributed by atoms with van der Waals surface area (Å²) in [4.78, 5) is 16.1. The first kappa shape index (κ1) is 15.0. The van der Waals surface area contributed by atoms with Crippen LogP contribution in [0.3, 0.4) is 0 Å². The Kier molecular flexibility index (Phi) is 5.15. The van der Waals surface area contributed by atoms with Crippen LogP contribution < -0.4 is 0 Å². The van der Waals surface area contributed by atoms with Crippen LogP contribution in [0.4, 0.5) is 0 Å². The van der Waals surface area contributed by atoms with Gasteiger partial charge in [0.25, 0.3) is 0 Å². The lowest BCUT2D eigenvalue weighted by Crippen LogP contribution is -2.15. The number of hydrogen-bond acceptors (Lipinski definition) is 5. The van der Waals surface area contributed by atoms with Crippen LogP contribution in [0, 0.1) is 5.92 Å². The molecule has 112 valence electrons. The predicted octanol–water partition coefficient (Wildman–Crippen LogP) is 3.42. The molecule has 0 radical (unpaired) electrons. The largest absolute Gasteiger partial charge is 0.465 e. The van der Waals surface area contributed by atoms with Gasteiger partial charge in [-0.1, -0.05) is 31.3 Å². The first-order valence-electron chi connectivity index (χ1n) is 7.65. The Balaban J connectivity index is 2.03. The molecule has 1 aromatic rings. The molecule has 1 aromatic heterocycles. The molecule has 0 aliphatic heterocycles. The van der Waals surface area contributed by atoms with Gasteiger partial charge in [0.1, 0.15) is 5.92 Å². The van der Waals surface area contributed by atoms with E-state index < -0.39 is 5.92 Å². The summed E-state index contributed by atoms with van der Waals surface area (Å²) in [6, 6.07) is 0. The van der Waals surface area contributed by atoms with Crippen molar-refractivity contribution in [1.29, 1.82) is 0 Å². The van der Waals surface area contributed by atoms with Crippen LogP contribution in [0.2, 0.25) is 0 Å². The zero-order valence-electron chi connectivity index (χ0n) is 12.6. The number of ether oxygens (including phenoxy) is 1. The molecule has 0 aromatic carbocycles. The van der Waals surface area contributed by atoms with Gasteiger partial charge in [0.2, 0.25) is 5.89 Å². The lowest BCUT2D eigenvalue weighted by molar-refractivity contribution is -0.145. The second kappa shape index (κ2) is 6.86. The summed E-state index contributed by atoms with van der Waals surface area (Å²) in [5.41, 5.74) is 0. The molecule has 3 unspecified atom stereocenters. The molecule has 0 spiro atoms. The van der Waals surface area contributed by atoms with Crippen LogP contribution in [0.15, 0.2) is 4.52 Å². The van der Waals surface area contributed by atoms with Crippen molar-refractivity contribution >= 4 is 5.97 Å². The zero-order valence-corrected chi connectivity index (χ0v) is 12.6. The third-order valence-electron chi connectivity index (χ3n) is 4.19. The van der Waals surface area contributed by atoms with Gasteiger partial charge in [0, 0.05) is 5.92 Å². The highest BCUT2D eigenvalue weighted by molar-refractivity contribution is 5.76. The standard InChI is InChI=1S/C15H24N2O3/c1-4-11-7-6-8-12(9-11)13-16-14(20-17-13)10(3)15(18)19-5-2/h10-12H,4-9H2,1-3H3. The quantitative estimate of drug-likeness (QED) is 0.773. The summed E-state index contributed by atoms with van der Waals surface area (Å²) < 4.78 is 10.2. The summed E-state index contributed by atoms with van der Waals surface area (Å²) in [5, 5.41) is 4.08. The fourth-order valence-corrected chi connectivity index (χ4v) is 2.85. The second-order valence-corrected chi connectivity index (χ2v) is 5.60. The lowest BCUT2D eigenvalue weighted by Gasteiger charge is -2.26. The number of nitrogens with zero attached hydrogens (tertiary/aromatic N) is 2. The van der Waals surface area contributed by atoms with E-state index in [9.17, 15) is 4.79 Å². The minimum atomic E-state index is -0.484. The molecule has 0 N–H and O–H groups in total. The molecule has 1 aliphatic rings. The van der Waals surface area contributed by atoms with Gasteiger partial charge >= 0.3 is 5.97 Å². The Labute approximate surface area is 120 Å². The molecule has 3 atom stereocenters. The minimum Gasteiger partial charge on any atom is -0.465 e. The SMILES string of the molecule is CCOC(=O)C(C)c1nc(C2CCCC(CC)C2)no1. The predicted molar refractivity (Wildman–Crippen MR) is 74.3 cm³/mol. The van der Waals surface area contributed by atoms with Gasteiger partial charge in [0.15, 0.2) is 5.82 Å².